The van der Waals surface area contributed by atoms with Gasteiger partial charge in [-0.1, -0.05) is 23.7 Å². The molecule has 0 unspecified atom stereocenters. The second kappa shape index (κ2) is 6.95. The number of nitrogens with zero attached hydrogens (tertiary/aromatic N) is 1. The van der Waals surface area contributed by atoms with E-state index in [-0.39, 0.29) is 11.1 Å². The Morgan fingerprint density at radius 3 is 2.62 bits per heavy atom. The summed E-state index contributed by atoms with van der Waals surface area (Å²) in [6, 6.07) is 10.7. The van der Waals surface area contributed by atoms with E-state index in [2.05, 4.69) is 15.6 Å². The molecule has 0 aliphatic carbocycles. The second-order valence-corrected chi connectivity index (χ2v) is 4.73. The van der Waals surface area contributed by atoms with Crippen LogP contribution in [0, 0.1) is 0 Å². The van der Waals surface area contributed by atoms with Gasteiger partial charge in [0.1, 0.15) is 16.7 Å². The second-order valence-electron chi connectivity index (χ2n) is 4.34. The lowest BCUT2D eigenvalue weighted by molar-refractivity contribution is 0.0951. The van der Waals surface area contributed by atoms with Crippen molar-refractivity contribution in [2.75, 3.05) is 19.5 Å². The normalized spacial score (nSPS) is 10.0. The highest BCUT2D eigenvalue weighted by molar-refractivity contribution is 6.29. The minimum Gasteiger partial charge on any atom is -0.497 e. The number of halogens is 1. The molecule has 2 rings (SSSR count). The number of carbonyl (C=O) groups is 1. The molecule has 5 nitrogen and oxygen atoms in total. The molecule has 0 fully saturated rings. The minimum atomic E-state index is -0.202. The highest BCUT2D eigenvalue weighted by Crippen LogP contribution is 2.15. The van der Waals surface area contributed by atoms with Gasteiger partial charge >= 0.3 is 0 Å². The van der Waals surface area contributed by atoms with Crippen LogP contribution in [-0.2, 0) is 6.54 Å². The van der Waals surface area contributed by atoms with E-state index >= 15 is 0 Å². The Hall–Kier alpha value is -2.27. The van der Waals surface area contributed by atoms with Crippen LogP contribution in [0.4, 0.5) is 5.82 Å². The molecule has 110 valence electrons. The van der Waals surface area contributed by atoms with E-state index in [4.69, 9.17) is 16.3 Å². The lowest BCUT2D eigenvalue weighted by atomic mass is 10.2. The van der Waals surface area contributed by atoms with Gasteiger partial charge in [-0.25, -0.2) is 4.98 Å². The minimum absolute atomic E-state index is 0.202. The van der Waals surface area contributed by atoms with Crippen LogP contribution in [-0.4, -0.2) is 25.0 Å². The van der Waals surface area contributed by atoms with Gasteiger partial charge in [0.2, 0.25) is 0 Å². The molecule has 0 aliphatic rings. The summed E-state index contributed by atoms with van der Waals surface area (Å²) < 4.78 is 5.09. The fraction of sp³-hybridized carbons (Fsp3) is 0.200. The average Bonchev–Trinajstić information content (AvgIpc) is 2.52. The first kappa shape index (κ1) is 15.1. The molecule has 1 heterocycles. The van der Waals surface area contributed by atoms with Crippen LogP contribution in [0.2, 0.25) is 5.15 Å². The Morgan fingerprint density at radius 2 is 2.00 bits per heavy atom. The molecule has 0 radical (unpaired) electrons. The van der Waals surface area contributed by atoms with E-state index in [9.17, 15) is 4.79 Å². The number of nitrogens with one attached hydrogen (secondary N) is 2. The zero-order chi connectivity index (χ0) is 15.2. The molecule has 2 N–H and O–H groups in total. The van der Waals surface area contributed by atoms with Crippen molar-refractivity contribution in [1.82, 2.24) is 10.3 Å². The topological polar surface area (TPSA) is 63.2 Å². The predicted octanol–water partition coefficient (Wildman–Crippen LogP) is 2.72. The van der Waals surface area contributed by atoms with Gasteiger partial charge in [-0.15, -0.1) is 0 Å². The fourth-order valence-corrected chi connectivity index (χ4v) is 1.99. The van der Waals surface area contributed by atoms with Gasteiger partial charge < -0.3 is 15.4 Å². The molecule has 1 aromatic carbocycles. The maximum atomic E-state index is 12.1. The largest absolute Gasteiger partial charge is 0.497 e. The first-order chi connectivity index (χ1) is 10.1. The van der Waals surface area contributed by atoms with Crippen LogP contribution in [0.1, 0.15) is 15.9 Å². The number of hydrogen-bond acceptors (Lipinski definition) is 4. The van der Waals surface area contributed by atoms with Gasteiger partial charge in [0.15, 0.2) is 0 Å². The summed E-state index contributed by atoms with van der Waals surface area (Å²) in [7, 11) is 3.33. The smallest absolute Gasteiger partial charge is 0.251 e. The van der Waals surface area contributed by atoms with Crippen molar-refractivity contribution in [2.24, 2.45) is 0 Å². The zero-order valence-electron chi connectivity index (χ0n) is 11.8. The van der Waals surface area contributed by atoms with Crippen molar-refractivity contribution in [3.05, 3.63) is 52.7 Å². The van der Waals surface area contributed by atoms with Crippen molar-refractivity contribution in [1.29, 1.82) is 0 Å². The Morgan fingerprint density at radius 1 is 1.29 bits per heavy atom. The number of carbonyl (C=O) groups excluding carboxylic acids is 1. The quantitative estimate of drug-likeness (QED) is 0.834. The molecule has 0 atom stereocenters. The van der Waals surface area contributed by atoms with Gasteiger partial charge in [-0.3, -0.25) is 4.79 Å². The van der Waals surface area contributed by atoms with Crippen LogP contribution in [0.5, 0.6) is 5.75 Å². The van der Waals surface area contributed by atoms with E-state index in [0.717, 1.165) is 11.3 Å². The highest BCUT2D eigenvalue weighted by atomic mass is 35.5. The summed E-state index contributed by atoms with van der Waals surface area (Å²) in [5, 5.41) is 5.97. The molecular weight excluding hydrogens is 290 g/mol. The maximum Gasteiger partial charge on any atom is 0.251 e. The van der Waals surface area contributed by atoms with Gasteiger partial charge in [0, 0.05) is 19.2 Å². The monoisotopic (exact) mass is 305 g/mol. The van der Waals surface area contributed by atoms with E-state index < -0.39 is 0 Å². The van der Waals surface area contributed by atoms with Crippen molar-refractivity contribution in [3.8, 4) is 5.75 Å². The Labute approximate surface area is 128 Å². The summed E-state index contributed by atoms with van der Waals surface area (Å²) in [5.41, 5.74) is 1.45. The Kier molecular flexibility index (Phi) is 5.00. The van der Waals surface area contributed by atoms with Crippen molar-refractivity contribution in [2.45, 2.75) is 6.54 Å². The number of ether oxygens (including phenoxy) is 1. The summed E-state index contributed by atoms with van der Waals surface area (Å²) >= 11 is 5.88. The summed E-state index contributed by atoms with van der Waals surface area (Å²) in [6.07, 6.45) is 0. The lowest BCUT2D eigenvalue weighted by Crippen LogP contribution is -2.23. The number of anilines is 1. The Balaban J connectivity index is 2.02. The van der Waals surface area contributed by atoms with Crippen molar-refractivity contribution >= 4 is 23.3 Å². The lowest BCUT2D eigenvalue weighted by Gasteiger charge is -2.08. The van der Waals surface area contributed by atoms with Crippen LogP contribution in [0.25, 0.3) is 0 Å². The molecule has 6 heteroatoms. The Bertz CT molecular complexity index is 629. The number of hydrogen-bond donors (Lipinski definition) is 2. The first-order valence-corrected chi connectivity index (χ1v) is 6.76. The number of pyridine rings is 1. The van der Waals surface area contributed by atoms with E-state index in [1.807, 2.05) is 24.3 Å². The van der Waals surface area contributed by atoms with Gasteiger partial charge in [-0.05, 0) is 29.8 Å². The molecule has 1 aromatic heterocycles. The molecular formula is C15H16ClN3O2. The van der Waals surface area contributed by atoms with Crippen LogP contribution in [0.3, 0.4) is 0 Å². The molecule has 0 bridgehead atoms. The fourth-order valence-electron chi connectivity index (χ4n) is 1.78. The molecule has 21 heavy (non-hydrogen) atoms. The van der Waals surface area contributed by atoms with Crippen molar-refractivity contribution < 1.29 is 9.53 Å². The summed E-state index contributed by atoms with van der Waals surface area (Å²) in [5.74, 6) is 1.13. The van der Waals surface area contributed by atoms with Gasteiger partial charge in [0.25, 0.3) is 5.91 Å². The van der Waals surface area contributed by atoms with E-state index in [0.29, 0.717) is 17.9 Å². The molecule has 0 aliphatic heterocycles. The predicted molar refractivity (Wildman–Crippen MR) is 83.0 cm³/mol. The maximum absolute atomic E-state index is 12.1. The van der Waals surface area contributed by atoms with E-state index in [1.165, 1.54) is 6.07 Å². The van der Waals surface area contributed by atoms with E-state index in [1.54, 1.807) is 20.2 Å². The molecule has 0 spiro atoms. The van der Waals surface area contributed by atoms with Crippen LogP contribution in [0.15, 0.2) is 36.4 Å². The molecule has 0 saturated heterocycles. The summed E-state index contributed by atoms with van der Waals surface area (Å²) in [4.78, 5) is 16.1. The zero-order valence-corrected chi connectivity index (χ0v) is 12.6. The number of amides is 1. The summed E-state index contributed by atoms with van der Waals surface area (Å²) in [6.45, 7) is 0.428. The van der Waals surface area contributed by atoms with Crippen LogP contribution >= 0.6 is 11.6 Å². The number of methoxy groups -OCH3 is 1. The van der Waals surface area contributed by atoms with Gasteiger partial charge in [0.05, 0.1) is 7.11 Å². The average molecular weight is 306 g/mol. The standard InChI is InChI=1S/C15H16ClN3O2/c1-17-14-8-11(7-13(16)19-14)15(20)18-9-10-3-5-12(21-2)6-4-10/h3-8H,9H2,1-2H3,(H,17,19)(H,18,20). The first-order valence-electron chi connectivity index (χ1n) is 6.39. The SMILES string of the molecule is CNc1cc(C(=O)NCc2ccc(OC)cc2)cc(Cl)n1. The molecule has 0 saturated carbocycles. The number of benzene rings is 1. The van der Waals surface area contributed by atoms with Crippen molar-refractivity contribution in [3.63, 3.8) is 0 Å². The third-order valence-corrected chi connectivity index (χ3v) is 3.12. The molecule has 2 aromatic rings. The molecule has 1 amide bonds. The van der Waals surface area contributed by atoms with Crippen LogP contribution < -0.4 is 15.4 Å². The number of aromatic nitrogens is 1. The highest BCUT2D eigenvalue weighted by Gasteiger charge is 2.08. The number of rotatable bonds is 5. The third kappa shape index (κ3) is 4.10. The third-order valence-electron chi connectivity index (χ3n) is 2.92. The van der Waals surface area contributed by atoms with Gasteiger partial charge in [-0.2, -0.15) is 0 Å².